The molecule has 1 aromatic rings. The molecule has 8 nitrogen and oxygen atoms in total. The van der Waals surface area contributed by atoms with Gasteiger partial charge >= 0.3 is 5.97 Å². The predicted octanol–water partition coefficient (Wildman–Crippen LogP) is 1.12. The van der Waals surface area contributed by atoms with Gasteiger partial charge in [0.15, 0.2) is 5.82 Å². The summed E-state index contributed by atoms with van der Waals surface area (Å²) < 4.78 is 29.3. The number of piperidine rings is 1. The minimum absolute atomic E-state index is 0.0745. The van der Waals surface area contributed by atoms with Crippen LogP contribution >= 0.6 is 0 Å². The fraction of sp³-hybridized carbons (Fsp3) is 0.611. The van der Waals surface area contributed by atoms with Crippen LogP contribution in [0.3, 0.4) is 0 Å². The largest absolute Gasteiger partial charge is 0.481 e. The third-order valence-corrected chi connectivity index (χ3v) is 6.10. The molecule has 2 aliphatic carbocycles. The van der Waals surface area contributed by atoms with Crippen LogP contribution in [0.25, 0.3) is 5.70 Å². The molecule has 1 aliphatic heterocycles. The number of carboxylic acid groups (broad SMARTS) is 1. The van der Waals surface area contributed by atoms with E-state index in [-0.39, 0.29) is 47.8 Å². The maximum absolute atomic E-state index is 14.6. The second kappa shape index (κ2) is 6.54. The van der Waals surface area contributed by atoms with Crippen LogP contribution in [-0.4, -0.2) is 46.2 Å². The summed E-state index contributed by atoms with van der Waals surface area (Å²) in [6.07, 6.45) is 1.98. The first-order valence-corrected chi connectivity index (χ1v) is 9.39. The van der Waals surface area contributed by atoms with Crippen LogP contribution in [0.2, 0.25) is 0 Å². The molecular weight excluding hydrogens is 370 g/mol. The summed E-state index contributed by atoms with van der Waals surface area (Å²) >= 11 is 0. The van der Waals surface area contributed by atoms with Crippen LogP contribution in [-0.2, 0) is 17.1 Å². The highest BCUT2D eigenvalue weighted by Crippen LogP contribution is 2.55. The molecule has 2 unspecified atom stereocenters. The summed E-state index contributed by atoms with van der Waals surface area (Å²) in [6.45, 7) is 1.24. The Balaban J connectivity index is 1.70. The van der Waals surface area contributed by atoms with E-state index in [9.17, 15) is 13.6 Å². The molecule has 2 heterocycles. The van der Waals surface area contributed by atoms with Crippen LogP contribution in [0.4, 0.5) is 14.6 Å². The van der Waals surface area contributed by atoms with E-state index in [1.807, 2.05) is 4.90 Å². The highest BCUT2D eigenvalue weighted by Gasteiger charge is 2.57. The first kappa shape index (κ1) is 18.9. The van der Waals surface area contributed by atoms with Crippen molar-refractivity contribution in [1.29, 1.82) is 0 Å². The van der Waals surface area contributed by atoms with E-state index < -0.39 is 11.9 Å². The minimum Gasteiger partial charge on any atom is -0.481 e. The standard InChI is InChI=1S/C18H24F2N6O2/c1-25(22)13(6-21)16-23-15-9(3-2-4-18(15,19)20)17(24-16)26-7-11-10(5-14(27)28)12(11)8-26/h6,10-12H,2-5,7-8,21-22H2,1H3,(H,27,28)/b13-6-. The third kappa shape index (κ3) is 3.05. The number of hydrogen-bond acceptors (Lipinski definition) is 7. The third-order valence-electron chi connectivity index (χ3n) is 6.10. The smallest absolute Gasteiger partial charge is 0.303 e. The van der Waals surface area contributed by atoms with Gasteiger partial charge in [-0.1, -0.05) is 0 Å². The number of anilines is 1. The van der Waals surface area contributed by atoms with Crippen molar-refractivity contribution in [3.05, 3.63) is 23.3 Å². The molecule has 0 radical (unpaired) electrons. The van der Waals surface area contributed by atoms with Crippen molar-refractivity contribution in [3.63, 3.8) is 0 Å². The Morgan fingerprint density at radius 2 is 2.07 bits per heavy atom. The van der Waals surface area contributed by atoms with Crippen LogP contribution in [0.5, 0.6) is 0 Å². The zero-order chi connectivity index (χ0) is 20.2. The van der Waals surface area contributed by atoms with E-state index in [0.717, 1.165) is 0 Å². The summed E-state index contributed by atoms with van der Waals surface area (Å²) in [5.41, 5.74) is 6.12. The number of fused-ring (bicyclic) bond motifs is 2. The van der Waals surface area contributed by atoms with Crippen molar-refractivity contribution in [2.24, 2.45) is 29.3 Å². The maximum Gasteiger partial charge on any atom is 0.303 e. The topological polar surface area (TPSA) is 122 Å². The summed E-state index contributed by atoms with van der Waals surface area (Å²) in [7, 11) is 1.54. The van der Waals surface area contributed by atoms with E-state index in [1.54, 1.807) is 7.05 Å². The molecule has 4 rings (SSSR count). The molecule has 0 spiro atoms. The van der Waals surface area contributed by atoms with Gasteiger partial charge in [-0.15, -0.1) is 0 Å². The predicted molar refractivity (Wildman–Crippen MR) is 97.9 cm³/mol. The van der Waals surface area contributed by atoms with Crippen LogP contribution < -0.4 is 16.5 Å². The Morgan fingerprint density at radius 3 is 2.64 bits per heavy atom. The van der Waals surface area contributed by atoms with Gasteiger partial charge in [-0.05, 0) is 30.6 Å². The van der Waals surface area contributed by atoms with Gasteiger partial charge in [0.05, 0.1) is 0 Å². The Hall–Kier alpha value is -2.49. The molecule has 152 valence electrons. The summed E-state index contributed by atoms with van der Waals surface area (Å²) in [5.74, 6) is 3.24. The lowest BCUT2D eigenvalue weighted by Gasteiger charge is -2.31. The Kier molecular flexibility index (Phi) is 4.40. The number of aliphatic carboxylic acids is 1. The van der Waals surface area contributed by atoms with Crippen molar-refractivity contribution < 1.29 is 18.7 Å². The SMILES string of the molecule is CN(N)/C(=C\N)c1nc(N2CC3C(CC(=O)O)C3C2)c2c(n1)C(F)(F)CCC2. The van der Waals surface area contributed by atoms with E-state index in [1.165, 1.54) is 11.2 Å². The molecule has 2 fully saturated rings. The van der Waals surface area contributed by atoms with Gasteiger partial charge in [0.2, 0.25) is 0 Å². The molecule has 0 bridgehead atoms. The monoisotopic (exact) mass is 394 g/mol. The molecule has 1 saturated heterocycles. The molecular formula is C18H24F2N6O2. The molecule has 2 atom stereocenters. The normalized spacial score (nSPS) is 27.9. The number of nitrogens with two attached hydrogens (primary N) is 2. The average Bonchev–Trinajstić information content (AvgIpc) is 3.04. The summed E-state index contributed by atoms with van der Waals surface area (Å²) in [4.78, 5) is 21.7. The number of hydrogen-bond donors (Lipinski definition) is 3. The zero-order valence-corrected chi connectivity index (χ0v) is 15.6. The summed E-state index contributed by atoms with van der Waals surface area (Å²) in [6, 6.07) is 0. The van der Waals surface area contributed by atoms with E-state index in [0.29, 0.717) is 37.3 Å². The molecule has 1 aromatic heterocycles. The fourth-order valence-electron chi connectivity index (χ4n) is 4.66. The lowest BCUT2D eigenvalue weighted by molar-refractivity contribution is -0.137. The van der Waals surface area contributed by atoms with Gasteiger partial charge in [-0.25, -0.2) is 15.8 Å². The molecule has 0 amide bonds. The Morgan fingerprint density at radius 1 is 1.39 bits per heavy atom. The quantitative estimate of drug-likeness (QED) is 0.502. The Bertz CT molecular complexity index is 832. The van der Waals surface area contributed by atoms with Crippen molar-refractivity contribution >= 4 is 17.5 Å². The number of carbonyl (C=O) groups is 1. The number of hydrazine groups is 1. The minimum atomic E-state index is -3.03. The first-order valence-electron chi connectivity index (χ1n) is 9.39. The van der Waals surface area contributed by atoms with Gasteiger partial charge in [0, 0.05) is 44.7 Å². The van der Waals surface area contributed by atoms with Crippen LogP contribution in [0, 0.1) is 17.8 Å². The second-order valence-corrected chi connectivity index (χ2v) is 7.91. The first-order chi connectivity index (χ1) is 13.2. The molecule has 1 saturated carbocycles. The van der Waals surface area contributed by atoms with Crippen LogP contribution in [0.1, 0.15) is 36.3 Å². The lowest BCUT2D eigenvalue weighted by Crippen LogP contribution is -2.33. The number of alkyl halides is 2. The van der Waals surface area contributed by atoms with Gasteiger partial charge < -0.3 is 20.7 Å². The van der Waals surface area contributed by atoms with E-state index in [2.05, 4.69) is 9.97 Å². The second-order valence-electron chi connectivity index (χ2n) is 7.91. The number of carboxylic acids is 1. The lowest BCUT2D eigenvalue weighted by atomic mass is 9.92. The Labute approximate surface area is 161 Å². The van der Waals surface area contributed by atoms with Crippen molar-refractivity contribution in [3.8, 4) is 0 Å². The highest BCUT2D eigenvalue weighted by molar-refractivity contribution is 5.68. The zero-order valence-electron chi connectivity index (χ0n) is 15.6. The molecule has 3 aliphatic rings. The maximum atomic E-state index is 14.6. The number of nitrogens with zero attached hydrogens (tertiary/aromatic N) is 4. The van der Waals surface area contributed by atoms with Gasteiger partial charge in [-0.2, -0.15) is 8.78 Å². The number of aromatic nitrogens is 2. The fourth-order valence-corrected chi connectivity index (χ4v) is 4.66. The molecule has 0 aromatic carbocycles. The van der Waals surface area contributed by atoms with Crippen LogP contribution in [0.15, 0.2) is 6.20 Å². The van der Waals surface area contributed by atoms with E-state index in [4.69, 9.17) is 16.7 Å². The van der Waals surface area contributed by atoms with Crippen molar-refractivity contribution in [2.45, 2.75) is 31.6 Å². The highest BCUT2D eigenvalue weighted by atomic mass is 19.3. The number of halogens is 2. The van der Waals surface area contributed by atoms with Gasteiger partial charge in [0.1, 0.15) is 17.2 Å². The van der Waals surface area contributed by atoms with Crippen molar-refractivity contribution in [2.75, 3.05) is 25.0 Å². The summed E-state index contributed by atoms with van der Waals surface area (Å²) in [5, 5.41) is 10.2. The molecule has 5 N–H and O–H groups in total. The van der Waals surface area contributed by atoms with Gasteiger partial charge in [0.25, 0.3) is 5.92 Å². The van der Waals surface area contributed by atoms with Gasteiger partial charge in [-0.3, -0.25) is 4.79 Å². The molecule has 10 heteroatoms. The average molecular weight is 394 g/mol. The van der Waals surface area contributed by atoms with Crippen molar-refractivity contribution in [1.82, 2.24) is 15.0 Å². The molecule has 28 heavy (non-hydrogen) atoms. The van der Waals surface area contributed by atoms with E-state index >= 15 is 0 Å². The number of rotatable bonds is 5.